The number of hydrogen-bond acceptors (Lipinski definition) is 5. The van der Waals surface area contributed by atoms with Crippen molar-refractivity contribution in [3.63, 3.8) is 0 Å². The Kier molecular flexibility index (Phi) is 3.38. The quantitative estimate of drug-likeness (QED) is 0.785. The first-order valence-corrected chi connectivity index (χ1v) is 6.50. The fourth-order valence-electron chi connectivity index (χ4n) is 2.03. The lowest BCUT2D eigenvalue weighted by Crippen LogP contribution is -2.47. The van der Waals surface area contributed by atoms with Crippen molar-refractivity contribution in [2.45, 2.75) is 45.2 Å². The molecule has 0 radical (unpaired) electrons. The minimum absolute atomic E-state index is 0.561. The summed E-state index contributed by atoms with van der Waals surface area (Å²) in [6.45, 7) is 4.49. The molecule has 0 saturated carbocycles. The van der Waals surface area contributed by atoms with E-state index in [-0.39, 0.29) is 0 Å². The molecule has 1 aromatic rings. The maximum absolute atomic E-state index is 5.00. The number of aromatic nitrogens is 2. The molecule has 1 fully saturated rings. The topological polar surface area (TPSA) is 44.0 Å². The second-order valence-corrected chi connectivity index (χ2v) is 5.73. The van der Waals surface area contributed by atoms with Gasteiger partial charge in [-0.05, 0) is 38.9 Å². The second-order valence-electron chi connectivity index (χ2n) is 4.07. The van der Waals surface area contributed by atoms with Gasteiger partial charge < -0.3 is 0 Å². The first-order valence-electron chi connectivity index (χ1n) is 5.27. The molecule has 84 valence electrons. The average Bonchev–Trinajstić information content (AvgIpc) is 2.58. The lowest BCUT2D eigenvalue weighted by atomic mass is 10.00. The molecule has 2 atom stereocenters. The smallest absolute Gasteiger partial charge is 0.218 e. The molecule has 4 nitrogen and oxygen atoms in total. The van der Waals surface area contributed by atoms with Crippen LogP contribution in [0, 0.1) is 3.95 Å². The number of hydrazine groups is 1. The zero-order valence-corrected chi connectivity index (χ0v) is 10.6. The van der Waals surface area contributed by atoms with E-state index >= 15 is 0 Å². The number of H-pyrrole nitrogens is 1. The number of aromatic amines is 1. The van der Waals surface area contributed by atoms with Crippen LogP contribution in [0.2, 0.25) is 0 Å². The predicted molar refractivity (Wildman–Crippen MR) is 65.5 cm³/mol. The number of rotatable bonds is 2. The summed E-state index contributed by atoms with van der Waals surface area (Å²) in [5, 5.41) is 10.0. The van der Waals surface area contributed by atoms with Crippen LogP contribution in [0.4, 0.5) is 5.13 Å². The highest BCUT2D eigenvalue weighted by atomic mass is 32.1. The van der Waals surface area contributed by atoms with Crippen molar-refractivity contribution in [2.75, 3.05) is 5.43 Å². The molecule has 0 bridgehead atoms. The Hall–Kier alpha value is -0.460. The van der Waals surface area contributed by atoms with Crippen LogP contribution in [-0.4, -0.2) is 27.3 Å². The summed E-state index contributed by atoms with van der Waals surface area (Å²) in [7, 11) is 0. The lowest BCUT2D eigenvalue weighted by molar-refractivity contribution is 0.135. The van der Waals surface area contributed by atoms with Crippen LogP contribution >= 0.6 is 23.6 Å². The molecule has 6 heteroatoms. The van der Waals surface area contributed by atoms with Gasteiger partial charge in [0.1, 0.15) is 0 Å². The number of nitrogens with one attached hydrogen (secondary N) is 2. The van der Waals surface area contributed by atoms with E-state index < -0.39 is 0 Å². The number of hydrogen-bond donors (Lipinski definition) is 2. The fraction of sp³-hybridized carbons (Fsp3) is 0.778. The molecule has 2 N–H and O–H groups in total. The van der Waals surface area contributed by atoms with Gasteiger partial charge in [0.15, 0.2) is 3.95 Å². The van der Waals surface area contributed by atoms with Crippen molar-refractivity contribution >= 4 is 28.7 Å². The Morgan fingerprint density at radius 3 is 2.67 bits per heavy atom. The summed E-state index contributed by atoms with van der Waals surface area (Å²) in [6, 6.07) is 1.12. The zero-order chi connectivity index (χ0) is 10.8. The molecule has 2 unspecified atom stereocenters. The Bertz CT molecular complexity index is 362. The van der Waals surface area contributed by atoms with Crippen molar-refractivity contribution in [3.8, 4) is 0 Å². The van der Waals surface area contributed by atoms with Crippen LogP contribution in [-0.2, 0) is 0 Å². The molecular formula is C9H16N4S2. The van der Waals surface area contributed by atoms with Gasteiger partial charge in [-0.25, -0.2) is 5.01 Å². The Morgan fingerprint density at radius 2 is 2.13 bits per heavy atom. The highest BCUT2D eigenvalue weighted by Crippen LogP contribution is 2.23. The molecule has 15 heavy (non-hydrogen) atoms. The molecule has 1 aliphatic rings. The molecule has 0 aliphatic carbocycles. The van der Waals surface area contributed by atoms with E-state index in [4.69, 9.17) is 12.2 Å². The van der Waals surface area contributed by atoms with E-state index in [0.29, 0.717) is 12.1 Å². The van der Waals surface area contributed by atoms with Crippen molar-refractivity contribution in [2.24, 2.45) is 0 Å². The molecule has 1 aliphatic heterocycles. The second kappa shape index (κ2) is 4.59. The summed E-state index contributed by atoms with van der Waals surface area (Å²) in [6.07, 6.45) is 3.80. The van der Waals surface area contributed by atoms with Crippen LogP contribution in [0.3, 0.4) is 0 Å². The van der Waals surface area contributed by atoms with Gasteiger partial charge in [0.05, 0.1) is 0 Å². The molecule has 1 saturated heterocycles. The van der Waals surface area contributed by atoms with Gasteiger partial charge in [0.25, 0.3) is 0 Å². The number of anilines is 1. The molecular weight excluding hydrogens is 228 g/mol. The molecule has 0 spiro atoms. The maximum Gasteiger partial charge on any atom is 0.218 e. The van der Waals surface area contributed by atoms with E-state index in [1.165, 1.54) is 30.6 Å². The van der Waals surface area contributed by atoms with Gasteiger partial charge in [0, 0.05) is 12.1 Å². The highest BCUT2D eigenvalue weighted by molar-refractivity contribution is 7.73. The summed E-state index contributed by atoms with van der Waals surface area (Å²) in [5.74, 6) is 0. The van der Waals surface area contributed by atoms with E-state index in [9.17, 15) is 0 Å². The van der Waals surface area contributed by atoms with Gasteiger partial charge in [0.2, 0.25) is 5.13 Å². The third-order valence-corrected chi connectivity index (χ3v) is 3.85. The monoisotopic (exact) mass is 244 g/mol. The first kappa shape index (κ1) is 11.0. The molecule has 2 rings (SSSR count). The fourth-order valence-corrected chi connectivity index (χ4v) is 2.82. The van der Waals surface area contributed by atoms with Crippen LogP contribution in [0.15, 0.2) is 0 Å². The zero-order valence-electron chi connectivity index (χ0n) is 8.99. The van der Waals surface area contributed by atoms with Crippen molar-refractivity contribution < 1.29 is 0 Å². The van der Waals surface area contributed by atoms with Crippen LogP contribution < -0.4 is 5.43 Å². The molecule has 1 aromatic heterocycles. The van der Waals surface area contributed by atoms with E-state index in [1.54, 1.807) is 0 Å². The molecule has 2 heterocycles. The first-order chi connectivity index (χ1) is 7.16. The average molecular weight is 244 g/mol. The minimum atomic E-state index is 0.561. The van der Waals surface area contributed by atoms with Crippen molar-refractivity contribution in [1.82, 2.24) is 15.2 Å². The van der Waals surface area contributed by atoms with E-state index in [2.05, 4.69) is 34.5 Å². The van der Waals surface area contributed by atoms with Crippen molar-refractivity contribution in [3.05, 3.63) is 3.95 Å². The number of nitrogens with zero attached hydrogens (tertiary/aromatic N) is 2. The summed E-state index contributed by atoms with van der Waals surface area (Å²) < 4.78 is 0.717. The van der Waals surface area contributed by atoms with Crippen LogP contribution in [0.1, 0.15) is 33.1 Å². The Balaban J connectivity index is 2.06. The molecule has 0 amide bonds. The Morgan fingerprint density at radius 1 is 1.47 bits per heavy atom. The standard InChI is InChI=1S/C9H16N4S2/c1-6-4-3-5-7(2)13(6)12-8-10-11-9(14)15-8/h6-7H,3-5H2,1-2H3,(H,10,12)(H,11,14). The maximum atomic E-state index is 5.00. The van der Waals surface area contributed by atoms with Crippen LogP contribution in [0.5, 0.6) is 0 Å². The Labute approximate surface area is 98.7 Å². The summed E-state index contributed by atoms with van der Waals surface area (Å²) in [4.78, 5) is 0. The highest BCUT2D eigenvalue weighted by Gasteiger charge is 2.25. The number of piperidine rings is 1. The SMILES string of the molecule is CC1CCCC(C)N1Nc1n[nH]c(=S)s1. The predicted octanol–water partition coefficient (Wildman–Crippen LogP) is 2.79. The lowest BCUT2D eigenvalue weighted by Gasteiger charge is -2.38. The van der Waals surface area contributed by atoms with Gasteiger partial charge in [-0.2, -0.15) is 0 Å². The third kappa shape index (κ3) is 2.56. The largest absolute Gasteiger partial charge is 0.292 e. The van der Waals surface area contributed by atoms with Gasteiger partial charge in [-0.1, -0.05) is 17.8 Å². The minimum Gasteiger partial charge on any atom is -0.292 e. The van der Waals surface area contributed by atoms with Gasteiger partial charge in [-0.3, -0.25) is 10.5 Å². The summed E-state index contributed by atoms with van der Waals surface area (Å²) in [5.41, 5.74) is 3.34. The normalized spacial score (nSPS) is 27.9. The van der Waals surface area contributed by atoms with Gasteiger partial charge in [-0.15, -0.1) is 5.10 Å². The van der Waals surface area contributed by atoms with Crippen LogP contribution in [0.25, 0.3) is 0 Å². The summed E-state index contributed by atoms with van der Waals surface area (Å²) >= 11 is 6.48. The molecule has 0 aromatic carbocycles. The van der Waals surface area contributed by atoms with Gasteiger partial charge >= 0.3 is 0 Å². The third-order valence-electron chi connectivity index (χ3n) is 2.86. The van der Waals surface area contributed by atoms with E-state index in [1.807, 2.05) is 0 Å². The van der Waals surface area contributed by atoms with Crippen molar-refractivity contribution in [1.29, 1.82) is 0 Å². The van der Waals surface area contributed by atoms with E-state index in [0.717, 1.165) is 9.09 Å².